The molecular weight excluding hydrogens is 258 g/mol. The first-order valence-electron chi connectivity index (χ1n) is 8.57. The van der Waals surface area contributed by atoms with Crippen molar-refractivity contribution in [1.82, 2.24) is 5.32 Å². The first-order valence-corrected chi connectivity index (χ1v) is 8.57. The SMILES string of the molecule is CNC(c1ccc2c(c1)CCO2)C1(CC(C)C)CCCC1. The summed E-state index contributed by atoms with van der Waals surface area (Å²) in [5.74, 6) is 1.86. The van der Waals surface area contributed by atoms with Crippen molar-refractivity contribution < 1.29 is 4.74 Å². The topological polar surface area (TPSA) is 21.3 Å². The van der Waals surface area contributed by atoms with Crippen LogP contribution in [0.5, 0.6) is 5.75 Å². The van der Waals surface area contributed by atoms with E-state index in [-0.39, 0.29) is 0 Å². The van der Waals surface area contributed by atoms with Crippen molar-refractivity contribution in [2.45, 2.75) is 58.4 Å². The molecular formula is C19H29NO. The molecule has 0 spiro atoms. The van der Waals surface area contributed by atoms with Crippen molar-refractivity contribution in [3.63, 3.8) is 0 Å². The molecule has 2 aliphatic rings. The van der Waals surface area contributed by atoms with E-state index >= 15 is 0 Å². The predicted molar refractivity (Wildman–Crippen MR) is 87.8 cm³/mol. The summed E-state index contributed by atoms with van der Waals surface area (Å²) < 4.78 is 5.66. The van der Waals surface area contributed by atoms with Gasteiger partial charge in [0.25, 0.3) is 0 Å². The van der Waals surface area contributed by atoms with Crippen molar-refractivity contribution in [3.8, 4) is 5.75 Å². The van der Waals surface area contributed by atoms with Crippen LogP contribution >= 0.6 is 0 Å². The second-order valence-electron chi connectivity index (χ2n) is 7.35. The van der Waals surface area contributed by atoms with Crippen LogP contribution in [0.3, 0.4) is 0 Å². The third kappa shape index (κ3) is 2.83. The second-order valence-corrected chi connectivity index (χ2v) is 7.35. The van der Waals surface area contributed by atoms with Gasteiger partial charge in [-0.3, -0.25) is 0 Å². The number of nitrogens with one attached hydrogen (secondary N) is 1. The molecule has 116 valence electrons. The van der Waals surface area contributed by atoms with Crippen LogP contribution in [-0.2, 0) is 6.42 Å². The van der Waals surface area contributed by atoms with E-state index < -0.39 is 0 Å². The van der Waals surface area contributed by atoms with E-state index in [1.165, 1.54) is 43.2 Å². The molecule has 0 amide bonds. The summed E-state index contributed by atoms with van der Waals surface area (Å²) in [7, 11) is 2.13. The lowest BCUT2D eigenvalue weighted by molar-refractivity contribution is 0.161. The molecule has 1 unspecified atom stereocenters. The average Bonchev–Trinajstić information content (AvgIpc) is 3.08. The Morgan fingerprint density at radius 3 is 2.67 bits per heavy atom. The van der Waals surface area contributed by atoms with Gasteiger partial charge in [0.05, 0.1) is 6.61 Å². The van der Waals surface area contributed by atoms with Crippen LogP contribution in [0.2, 0.25) is 0 Å². The fraction of sp³-hybridized carbons (Fsp3) is 0.684. The van der Waals surface area contributed by atoms with E-state index in [4.69, 9.17) is 4.74 Å². The van der Waals surface area contributed by atoms with Crippen LogP contribution in [-0.4, -0.2) is 13.7 Å². The third-order valence-electron chi connectivity index (χ3n) is 5.36. The predicted octanol–water partition coefficient (Wildman–Crippen LogP) is 4.49. The summed E-state index contributed by atoms with van der Waals surface area (Å²) >= 11 is 0. The van der Waals surface area contributed by atoms with Crippen LogP contribution < -0.4 is 10.1 Å². The normalized spacial score (nSPS) is 21.3. The molecule has 0 radical (unpaired) electrons. The van der Waals surface area contributed by atoms with E-state index in [9.17, 15) is 0 Å². The molecule has 0 bridgehead atoms. The minimum absolute atomic E-state index is 0.441. The standard InChI is InChI=1S/C19H29NO/c1-14(2)13-19(9-4-5-10-19)18(20-3)16-6-7-17-15(12-16)8-11-21-17/h6-7,12,14,18,20H,4-5,8-11,13H2,1-3H3. The van der Waals surface area contributed by atoms with Crippen molar-refractivity contribution in [3.05, 3.63) is 29.3 Å². The van der Waals surface area contributed by atoms with Gasteiger partial charge in [0.2, 0.25) is 0 Å². The average molecular weight is 287 g/mol. The molecule has 0 aromatic heterocycles. The lowest BCUT2D eigenvalue weighted by Crippen LogP contribution is -2.35. The maximum absolute atomic E-state index is 5.66. The van der Waals surface area contributed by atoms with Gasteiger partial charge in [0, 0.05) is 12.5 Å². The van der Waals surface area contributed by atoms with Crippen LogP contribution in [0.1, 0.15) is 63.1 Å². The molecule has 1 heterocycles. The van der Waals surface area contributed by atoms with E-state index in [1.54, 1.807) is 0 Å². The largest absolute Gasteiger partial charge is 0.493 e. The monoisotopic (exact) mass is 287 g/mol. The second kappa shape index (κ2) is 6.00. The van der Waals surface area contributed by atoms with E-state index in [2.05, 4.69) is 44.4 Å². The zero-order valence-electron chi connectivity index (χ0n) is 13.7. The Morgan fingerprint density at radius 2 is 2.00 bits per heavy atom. The number of hydrogen-bond acceptors (Lipinski definition) is 2. The maximum Gasteiger partial charge on any atom is 0.122 e. The molecule has 1 aliphatic heterocycles. The Balaban J connectivity index is 1.92. The highest BCUT2D eigenvalue weighted by Gasteiger charge is 2.41. The number of hydrogen-bond donors (Lipinski definition) is 1. The Kier molecular flexibility index (Phi) is 4.26. The summed E-state index contributed by atoms with van der Waals surface area (Å²) in [6.45, 7) is 5.58. The number of benzene rings is 1. The fourth-order valence-electron chi connectivity index (χ4n) is 4.72. The van der Waals surface area contributed by atoms with Crippen LogP contribution in [0, 0.1) is 11.3 Å². The molecule has 0 saturated heterocycles. The van der Waals surface area contributed by atoms with Crippen molar-refractivity contribution in [2.75, 3.05) is 13.7 Å². The molecule has 2 nitrogen and oxygen atoms in total. The molecule has 2 heteroatoms. The van der Waals surface area contributed by atoms with Gasteiger partial charge in [-0.2, -0.15) is 0 Å². The zero-order valence-corrected chi connectivity index (χ0v) is 13.7. The number of ether oxygens (including phenoxy) is 1. The lowest BCUT2D eigenvalue weighted by atomic mass is 9.70. The Labute approximate surface area is 129 Å². The molecule has 3 rings (SSSR count). The maximum atomic E-state index is 5.66. The van der Waals surface area contributed by atoms with Crippen molar-refractivity contribution >= 4 is 0 Å². The van der Waals surface area contributed by atoms with E-state index in [0.717, 1.165) is 24.7 Å². The molecule has 1 aromatic carbocycles. The Morgan fingerprint density at radius 1 is 1.24 bits per heavy atom. The number of fused-ring (bicyclic) bond motifs is 1. The molecule has 1 saturated carbocycles. The smallest absolute Gasteiger partial charge is 0.122 e. The lowest BCUT2D eigenvalue weighted by Gasteiger charge is -2.39. The Hall–Kier alpha value is -1.02. The van der Waals surface area contributed by atoms with Gasteiger partial charge in [-0.15, -0.1) is 0 Å². The summed E-state index contributed by atoms with van der Waals surface area (Å²) in [6, 6.07) is 7.34. The minimum atomic E-state index is 0.441. The van der Waals surface area contributed by atoms with Gasteiger partial charge in [0.15, 0.2) is 0 Å². The molecule has 1 aromatic rings. The van der Waals surface area contributed by atoms with Crippen LogP contribution in [0.15, 0.2) is 18.2 Å². The quantitative estimate of drug-likeness (QED) is 0.861. The summed E-state index contributed by atoms with van der Waals surface area (Å²) in [6.07, 6.45) is 7.90. The summed E-state index contributed by atoms with van der Waals surface area (Å²) in [5, 5.41) is 3.66. The summed E-state index contributed by atoms with van der Waals surface area (Å²) in [5.41, 5.74) is 3.30. The number of rotatable bonds is 5. The van der Waals surface area contributed by atoms with Gasteiger partial charge in [-0.25, -0.2) is 0 Å². The van der Waals surface area contributed by atoms with Crippen molar-refractivity contribution in [2.24, 2.45) is 11.3 Å². The fourth-order valence-corrected chi connectivity index (χ4v) is 4.72. The summed E-state index contributed by atoms with van der Waals surface area (Å²) in [4.78, 5) is 0. The van der Waals surface area contributed by atoms with Gasteiger partial charge >= 0.3 is 0 Å². The first kappa shape index (κ1) is 14.9. The van der Waals surface area contributed by atoms with Crippen LogP contribution in [0.4, 0.5) is 0 Å². The van der Waals surface area contributed by atoms with Gasteiger partial charge in [-0.1, -0.05) is 38.8 Å². The van der Waals surface area contributed by atoms with Crippen molar-refractivity contribution in [1.29, 1.82) is 0 Å². The highest BCUT2D eigenvalue weighted by atomic mass is 16.5. The molecule has 21 heavy (non-hydrogen) atoms. The molecule has 1 aliphatic carbocycles. The zero-order chi connectivity index (χ0) is 14.9. The Bertz CT molecular complexity index is 488. The third-order valence-corrected chi connectivity index (χ3v) is 5.36. The van der Waals surface area contributed by atoms with E-state index in [1.807, 2.05) is 0 Å². The van der Waals surface area contributed by atoms with Gasteiger partial charge in [0.1, 0.15) is 5.75 Å². The van der Waals surface area contributed by atoms with Gasteiger partial charge in [-0.05, 0) is 54.8 Å². The first-order chi connectivity index (χ1) is 10.1. The molecule has 1 N–H and O–H groups in total. The van der Waals surface area contributed by atoms with Crippen LogP contribution in [0.25, 0.3) is 0 Å². The molecule has 1 atom stereocenters. The minimum Gasteiger partial charge on any atom is -0.493 e. The highest BCUT2D eigenvalue weighted by Crippen LogP contribution is 2.52. The highest BCUT2D eigenvalue weighted by molar-refractivity contribution is 5.41. The molecule has 1 fully saturated rings. The van der Waals surface area contributed by atoms with E-state index in [0.29, 0.717) is 11.5 Å². The van der Waals surface area contributed by atoms with Gasteiger partial charge < -0.3 is 10.1 Å².